The Balaban J connectivity index is 1.71. The van der Waals surface area contributed by atoms with Gasteiger partial charge in [0.05, 0.1) is 5.69 Å². The first-order chi connectivity index (χ1) is 13.7. The van der Waals surface area contributed by atoms with Gasteiger partial charge < -0.3 is 0 Å². The van der Waals surface area contributed by atoms with E-state index in [9.17, 15) is 14.4 Å². The van der Waals surface area contributed by atoms with Crippen molar-refractivity contribution in [2.75, 3.05) is 4.90 Å². The molecule has 1 heterocycles. The zero-order valence-corrected chi connectivity index (χ0v) is 15.8. The van der Waals surface area contributed by atoms with Crippen molar-refractivity contribution in [1.82, 2.24) is 4.90 Å². The number of anilines is 1. The van der Waals surface area contributed by atoms with Gasteiger partial charge in [-0.05, 0) is 37.0 Å². The average molecular weight is 376 g/mol. The van der Waals surface area contributed by atoms with E-state index in [0.717, 1.165) is 37.7 Å². The molecule has 2 aliphatic rings. The van der Waals surface area contributed by atoms with Crippen LogP contribution < -0.4 is 4.90 Å². The smallest absolute Gasteiger partial charge is 0.273 e. The lowest BCUT2D eigenvalue weighted by molar-refractivity contribution is -0.142. The quantitative estimate of drug-likeness (QED) is 0.753. The summed E-state index contributed by atoms with van der Waals surface area (Å²) in [4.78, 5) is 42.3. The number of imide groups is 2. The van der Waals surface area contributed by atoms with Crippen LogP contribution >= 0.6 is 0 Å². The zero-order chi connectivity index (χ0) is 19.5. The topological polar surface area (TPSA) is 57.7 Å². The molecule has 0 N–H and O–H groups in total. The fourth-order valence-electron chi connectivity index (χ4n) is 4.24. The average Bonchev–Trinajstić information content (AvgIpc) is 2.74. The third-order valence-electron chi connectivity index (χ3n) is 5.69. The number of para-hydroxylation sites is 1. The van der Waals surface area contributed by atoms with Crippen molar-refractivity contribution in [1.29, 1.82) is 0 Å². The Morgan fingerprint density at radius 3 is 2.00 bits per heavy atom. The second kappa shape index (κ2) is 7.97. The summed E-state index contributed by atoms with van der Waals surface area (Å²) in [7, 11) is 0. The molecule has 2 fully saturated rings. The molecule has 0 bridgehead atoms. The van der Waals surface area contributed by atoms with Gasteiger partial charge in [0.1, 0.15) is 5.92 Å². The lowest BCUT2D eigenvalue weighted by Gasteiger charge is -2.41. The molecule has 4 amide bonds. The molecule has 1 unspecified atom stereocenters. The lowest BCUT2D eigenvalue weighted by Crippen LogP contribution is -2.63. The first-order valence-corrected chi connectivity index (χ1v) is 9.97. The fraction of sp³-hybridized carbons (Fsp3) is 0.348. The highest BCUT2D eigenvalue weighted by Crippen LogP contribution is 2.32. The van der Waals surface area contributed by atoms with Crippen molar-refractivity contribution in [2.45, 2.75) is 44.6 Å². The van der Waals surface area contributed by atoms with Crippen molar-refractivity contribution >= 4 is 23.5 Å². The van der Waals surface area contributed by atoms with Crippen molar-refractivity contribution < 1.29 is 14.4 Å². The summed E-state index contributed by atoms with van der Waals surface area (Å²) in [5, 5.41) is 0. The summed E-state index contributed by atoms with van der Waals surface area (Å²) < 4.78 is 0. The van der Waals surface area contributed by atoms with E-state index in [1.807, 2.05) is 36.4 Å². The number of nitrogens with zero attached hydrogens (tertiary/aromatic N) is 2. The second-order valence-corrected chi connectivity index (χ2v) is 7.53. The minimum atomic E-state index is -0.873. The Morgan fingerprint density at radius 1 is 0.750 bits per heavy atom. The predicted octanol–water partition coefficient (Wildman–Crippen LogP) is 4.17. The molecule has 1 atom stereocenters. The van der Waals surface area contributed by atoms with Gasteiger partial charge in [0.25, 0.3) is 0 Å². The fourth-order valence-corrected chi connectivity index (χ4v) is 4.24. The number of rotatable bonds is 4. The van der Waals surface area contributed by atoms with E-state index in [4.69, 9.17) is 0 Å². The Morgan fingerprint density at radius 2 is 1.36 bits per heavy atom. The molecule has 5 heteroatoms. The van der Waals surface area contributed by atoms with Gasteiger partial charge in [0.15, 0.2) is 0 Å². The molecule has 5 nitrogen and oxygen atoms in total. The number of urea groups is 1. The third kappa shape index (κ3) is 3.44. The van der Waals surface area contributed by atoms with Crippen LogP contribution in [0.25, 0.3) is 0 Å². The summed E-state index contributed by atoms with van der Waals surface area (Å²) in [6.45, 7) is 0. The number of barbiturate groups is 1. The molecule has 144 valence electrons. The normalized spacial score (nSPS) is 21.3. The molecule has 1 saturated heterocycles. The molecule has 28 heavy (non-hydrogen) atoms. The van der Waals surface area contributed by atoms with Crippen LogP contribution in [0.4, 0.5) is 10.5 Å². The van der Waals surface area contributed by atoms with Crippen LogP contribution in [0, 0.1) is 5.92 Å². The van der Waals surface area contributed by atoms with Crippen LogP contribution in [0.5, 0.6) is 0 Å². The monoisotopic (exact) mass is 376 g/mol. The van der Waals surface area contributed by atoms with Crippen LogP contribution in [-0.2, 0) is 16.0 Å². The maximum Gasteiger partial charge on any atom is 0.338 e. The summed E-state index contributed by atoms with van der Waals surface area (Å²) >= 11 is 0. The van der Waals surface area contributed by atoms with Gasteiger partial charge >= 0.3 is 6.03 Å². The number of carbonyl (C=O) groups is 3. The zero-order valence-electron chi connectivity index (χ0n) is 15.8. The third-order valence-corrected chi connectivity index (χ3v) is 5.69. The van der Waals surface area contributed by atoms with Crippen molar-refractivity contribution in [3.8, 4) is 0 Å². The van der Waals surface area contributed by atoms with Crippen molar-refractivity contribution in [3.63, 3.8) is 0 Å². The predicted molar refractivity (Wildman–Crippen MR) is 107 cm³/mol. The van der Waals surface area contributed by atoms with Gasteiger partial charge in [0, 0.05) is 6.04 Å². The van der Waals surface area contributed by atoms with Crippen LogP contribution in [0.1, 0.15) is 37.7 Å². The maximum absolute atomic E-state index is 13.3. The summed E-state index contributed by atoms with van der Waals surface area (Å²) in [5.41, 5.74) is 1.43. The molecule has 0 radical (unpaired) electrons. The number of benzene rings is 2. The molecule has 0 aromatic heterocycles. The molecule has 2 aromatic carbocycles. The number of hydrogen-bond acceptors (Lipinski definition) is 3. The molecular formula is C23H24N2O3. The lowest BCUT2D eigenvalue weighted by atomic mass is 9.89. The Labute approximate surface area is 164 Å². The Bertz CT molecular complexity index is 860. The van der Waals surface area contributed by atoms with Gasteiger partial charge in [0.2, 0.25) is 11.8 Å². The van der Waals surface area contributed by atoms with Crippen LogP contribution in [-0.4, -0.2) is 28.8 Å². The SMILES string of the molecule is O=C1C(Cc2ccccc2)C(=O)N(C2CCCCC2)C(=O)N1c1ccccc1. The van der Waals surface area contributed by atoms with E-state index < -0.39 is 17.9 Å². The van der Waals surface area contributed by atoms with Crippen LogP contribution in [0.2, 0.25) is 0 Å². The molecule has 1 aliphatic heterocycles. The summed E-state index contributed by atoms with van der Waals surface area (Å²) in [6.07, 6.45) is 5.06. The van der Waals surface area contributed by atoms with Crippen LogP contribution in [0.15, 0.2) is 60.7 Å². The highest BCUT2D eigenvalue weighted by molar-refractivity contribution is 6.27. The molecule has 4 rings (SSSR count). The van der Waals surface area contributed by atoms with E-state index in [1.165, 1.54) is 9.80 Å². The summed E-state index contributed by atoms with van der Waals surface area (Å²) in [6, 6.07) is 17.8. The molecule has 1 aliphatic carbocycles. The Hall–Kier alpha value is -2.95. The van der Waals surface area contributed by atoms with Gasteiger partial charge in [-0.1, -0.05) is 67.8 Å². The summed E-state index contributed by atoms with van der Waals surface area (Å²) in [5.74, 6) is -1.66. The van der Waals surface area contributed by atoms with E-state index in [0.29, 0.717) is 12.1 Å². The van der Waals surface area contributed by atoms with E-state index in [1.54, 1.807) is 24.3 Å². The van der Waals surface area contributed by atoms with E-state index in [-0.39, 0.29) is 11.9 Å². The molecule has 0 spiro atoms. The first kappa shape index (κ1) is 18.4. The molecule has 1 saturated carbocycles. The minimum Gasteiger partial charge on any atom is -0.273 e. The van der Waals surface area contributed by atoms with Gasteiger partial charge in [-0.25, -0.2) is 9.69 Å². The van der Waals surface area contributed by atoms with E-state index >= 15 is 0 Å². The van der Waals surface area contributed by atoms with E-state index in [2.05, 4.69) is 0 Å². The standard InChI is InChI=1S/C23H24N2O3/c26-21-20(16-17-10-4-1-5-11-17)22(27)25(19-14-8-3-9-15-19)23(28)24(21)18-12-6-2-7-13-18/h1-2,4-7,10-13,19-20H,3,8-9,14-16H2. The van der Waals surface area contributed by atoms with Gasteiger partial charge in [-0.15, -0.1) is 0 Å². The number of carbonyl (C=O) groups excluding carboxylic acids is 3. The highest BCUT2D eigenvalue weighted by atomic mass is 16.2. The Kier molecular flexibility index (Phi) is 5.24. The molecule has 2 aromatic rings. The van der Waals surface area contributed by atoms with Gasteiger partial charge in [-0.3, -0.25) is 14.5 Å². The maximum atomic E-state index is 13.3. The first-order valence-electron chi connectivity index (χ1n) is 9.97. The number of hydrogen-bond donors (Lipinski definition) is 0. The van der Waals surface area contributed by atoms with Gasteiger partial charge in [-0.2, -0.15) is 0 Å². The van der Waals surface area contributed by atoms with Crippen molar-refractivity contribution in [3.05, 3.63) is 66.2 Å². The minimum absolute atomic E-state index is 0.119. The largest absolute Gasteiger partial charge is 0.338 e. The molecular weight excluding hydrogens is 352 g/mol. The van der Waals surface area contributed by atoms with Crippen molar-refractivity contribution in [2.24, 2.45) is 5.92 Å². The highest BCUT2D eigenvalue weighted by Gasteiger charge is 2.48. The van der Waals surface area contributed by atoms with Crippen LogP contribution in [0.3, 0.4) is 0 Å². The second-order valence-electron chi connectivity index (χ2n) is 7.53. The number of amides is 4.